The van der Waals surface area contributed by atoms with Crippen LogP contribution in [-0.2, 0) is 6.42 Å². The zero-order chi connectivity index (χ0) is 12.3. The van der Waals surface area contributed by atoms with Gasteiger partial charge >= 0.3 is 0 Å². The van der Waals surface area contributed by atoms with Crippen molar-refractivity contribution in [3.05, 3.63) is 34.9 Å². The Hall–Kier alpha value is -0.820. The molecule has 1 atom stereocenters. The van der Waals surface area contributed by atoms with E-state index in [4.69, 9.17) is 0 Å². The van der Waals surface area contributed by atoms with Crippen LogP contribution in [0.4, 0.5) is 0 Å². The first kappa shape index (κ1) is 13.2. The Morgan fingerprint density at radius 2 is 1.62 bits per heavy atom. The largest absolute Gasteiger partial charge is 0.390 e. The maximum absolute atomic E-state index is 10.3. The Kier molecular flexibility index (Phi) is 4.15. The van der Waals surface area contributed by atoms with E-state index in [0.29, 0.717) is 5.92 Å². The Morgan fingerprint density at radius 1 is 1.12 bits per heavy atom. The maximum atomic E-state index is 10.3. The van der Waals surface area contributed by atoms with Gasteiger partial charge in [0.2, 0.25) is 0 Å². The van der Waals surface area contributed by atoms with Crippen molar-refractivity contribution in [3.8, 4) is 0 Å². The second-order valence-corrected chi connectivity index (χ2v) is 5.77. The van der Waals surface area contributed by atoms with E-state index in [2.05, 4.69) is 45.9 Å². The molecule has 1 rings (SSSR count). The topological polar surface area (TPSA) is 20.2 Å². The quantitative estimate of drug-likeness (QED) is 0.821. The highest BCUT2D eigenvalue weighted by Gasteiger charge is 2.22. The predicted octanol–water partition coefficient (Wildman–Crippen LogP) is 3.64. The van der Waals surface area contributed by atoms with Crippen LogP contribution in [0.5, 0.6) is 0 Å². The highest BCUT2D eigenvalue weighted by molar-refractivity contribution is 5.29. The summed E-state index contributed by atoms with van der Waals surface area (Å²) in [6, 6.07) is 6.50. The number of aliphatic hydroxyl groups is 1. The standard InChI is InChI=1S/C15H24O/c1-11(2)9-15(5,16)10-14-7-12(3)6-13(4)8-14/h6-8,11,16H,9-10H2,1-5H3. The van der Waals surface area contributed by atoms with Crippen molar-refractivity contribution >= 4 is 0 Å². The lowest BCUT2D eigenvalue weighted by atomic mass is 9.87. The fourth-order valence-corrected chi connectivity index (χ4v) is 2.56. The van der Waals surface area contributed by atoms with Gasteiger partial charge in [0.15, 0.2) is 0 Å². The maximum Gasteiger partial charge on any atom is 0.0662 e. The van der Waals surface area contributed by atoms with Crippen LogP contribution < -0.4 is 0 Å². The molecular weight excluding hydrogens is 196 g/mol. The molecule has 0 saturated heterocycles. The first-order valence-corrected chi connectivity index (χ1v) is 6.08. The lowest BCUT2D eigenvalue weighted by Crippen LogP contribution is -2.29. The zero-order valence-corrected chi connectivity index (χ0v) is 11.2. The summed E-state index contributed by atoms with van der Waals surface area (Å²) >= 11 is 0. The highest BCUT2D eigenvalue weighted by atomic mass is 16.3. The fourth-order valence-electron chi connectivity index (χ4n) is 2.56. The number of rotatable bonds is 4. The van der Waals surface area contributed by atoms with E-state index in [-0.39, 0.29) is 0 Å². The van der Waals surface area contributed by atoms with Crippen molar-refractivity contribution in [2.24, 2.45) is 5.92 Å². The normalized spacial score (nSPS) is 15.2. The van der Waals surface area contributed by atoms with Gasteiger partial charge in [0, 0.05) is 6.42 Å². The first-order valence-electron chi connectivity index (χ1n) is 6.08. The molecule has 0 spiro atoms. The summed E-state index contributed by atoms with van der Waals surface area (Å²) in [7, 11) is 0. The van der Waals surface area contributed by atoms with Crippen molar-refractivity contribution in [2.75, 3.05) is 0 Å². The first-order chi connectivity index (χ1) is 7.28. The van der Waals surface area contributed by atoms with Gasteiger partial charge in [0.05, 0.1) is 5.60 Å². The molecule has 16 heavy (non-hydrogen) atoms. The minimum absolute atomic E-state index is 0.529. The minimum Gasteiger partial charge on any atom is -0.390 e. The van der Waals surface area contributed by atoms with E-state index in [9.17, 15) is 5.11 Å². The summed E-state index contributed by atoms with van der Waals surface area (Å²) in [6.45, 7) is 10.4. The van der Waals surface area contributed by atoms with Gasteiger partial charge in [-0.05, 0) is 38.7 Å². The van der Waals surface area contributed by atoms with Gasteiger partial charge in [-0.1, -0.05) is 43.2 Å². The van der Waals surface area contributed by atoms with E-state index < -0.39 is 5.60 Å². The van der Waals surface area contributed by atoms with Crippen molar-refractivity contribution in [3.63, 3.8) is 0 Å². The smallest absolute Gasteiger partial charge is 0.0662 e. The summed E-state index contributed by atoms with van der Waals surface area (Å²) in [6.07, 6.45) is 1.59. The second-order valence-electron chi connectivity index (χ2n) is 5.77. The third kappa shape index (κ3) is 4.36. The average Bonchev–Trinajstić information content (AvgIpc) is 1.95. The van der Waals surface area contributed by atoms with Crippen LogP contribution in [0.2, 0.25) is 0 Å². The van der Waals surface area contributed by atoms with Gasteiger partial charge in [0.25, 0.3) is 0 Å². The fraction of sp³-hybridized carbons (Fsp3) is 0.600. The van der Waals surface area contributed by atoms with Gasteiger partial charge in [-0.25, -0.2) is 0 Å². The lowest BCUT2D eigenvalue weighted by molar-refractivity contribution is 0.0388. The van der Waals surface area contributed by atoms with Crippen LogP contribution in [0.25, 0.3) is 0 Å². The molecule has 1 N–H and O–H groups in total. The van der Waals surface area contributed by atoms with E-state index in [1.807, 2.05) is 6.92 Å². The number of aryl methyl sites for hydroxylation is 2. The molecule has 0 bridgehead atoms. The molecule has 0 heterocycles. The lowest BCUT2D eigenvalue weighted by Gasteiger charge is -2.25. The highest BCUT2D eigenvalue weighted by Crippen LogP contribution is 2.22. The van der Waals surface area contributed by atoms with E-state index in [1.165, 1.54) is 16.7 Å². The van der Waals surface area contributed by atoms with Gasteiger partial charge < -0.3 is 5.11 Å². The number of hydrogen-bond acceptors (Lipinski definition) is 1. The number of hydrogen-bond donors (Lipinski definition) is 1. The van der Waals surface area contributed by atoms with Crippen LogP contribution in [0.1, 0.15) is 43.9 Å². The molecule has 0 aromatic heterocycles. The van der Waals surface area contributed by atoms with E-state index in [1.54, 1.807) is 0 Å². The van der Waals surface area contributed by atoms with Gasteiger partial charge in [0.1, 0.15) is 0 Å². The monoisotopic (exact) mass is 220 g/mol. The number of benzene rings is 1. The Balaban J connectivity index is 2.79. The Morgan fingerprint density at radius 3 is 2.06 bits per heavy atom. The van der Waals surface area contributed by atoms with Crippen molar-refractivity contribution in [1.82, 2.24) is 0 Å². The van der Waals surface area contributed by atoms with Crippen molar-refractivity contribution in [2.45, 2.75) is 53.1 Å². The molecule has 1 nitrogen and oxygen atoms in total. The Labute approximate surface area is 99.5 Å². The molecule has 1 aromatic rings. The molecule has 0 aliphatic carbocycles. The van der Waals surface area contributed by atoms with Crippen molar-refractivity contribution < 1.29 is 5.11 Å². The van der Waals surface area contributed by atoms with E-state index >= 15 is 0 Å². The average molecular weight is 220 g/mol. The van der Waals surface area contributed by atoms with Crippen LogP contribution in [-0.4, -0.2) is 10.7 Å². The van der Waals surface area contributed by atoms with E-state index in [0.717, 1.165) is 12.8 Å². The minimum atomic E-state index is -0.589. The molecule has 1 unspecified atom stereocenters. The van der Waals surface area contributed by atoms with Crippen LogP contribution in [0.15, 0.2) is 18.2 Å². The molecule has 0 fully saturated rings. The molecule has 0 amide bonds. The predicted molar refractivity (Wildman–Crippen MR) is 69.7 cm³/mol. The summed E-state index contributed by atoms with van der Waals surface area (Å²) in [4.78, 5) is 0. The summed E-state index contributed by atoms with van der Waals surface area (Å²) in [5.74, 6) is 0.529. The van der Waals surface area contributed by atoms with Crippen molar-refractivity contribution in [1.29, 1.82) is 0 Å². The zero-order valence-electron chi connectivity index (χ0n) is 11.2. The molecule has 1 heteroatoms. The van der Waals surface area contributed by atoms with Gasteiger partial charge in [-0.3, -0.25) is 0 Å². The second kappa shape index (κ2) is 5.01. The molecule has 0 saturated carbocycles. The SMILES string of the molecule is Cc1cc(C)cc(CC(C)(O)CC(C)C)c1. The summed E-state index contributed by atoms with van der Waals surface area (Å²) in [5, 5.41) is 10.3. The third-order valence-corrected chi connectivity index (χ3v) is 2.71. The Bertz CT molecular complexity index is 330. The molecule has 90 valence electrons. The summed E-state index contributed by atoms with van der Waals surface area (Å²) in [5.41, 5.74) is 3.20. The molecule has 0 radical (unpaired) electrons. The van der Waals surface area contributed by atoms with Crippen LogP contribution in [0.3, 0.4) is 0 Å². The molecule has 0 aliphatic heterocycles. The molecular formula is C15H24O. The molecule has 0 aliphatic rings. The third-order valence-electron chi connectivity index (χ3n) is 2.71. The van der Waals surface area contributed by atoms with Crippen LogP contribution >= 0.6 is 0 Å². The molecule has 1 aromatic carbocycles. The van der Waals surface area contributed by atoms with Gasteiger partial charge in [-0.15, -0.1) is 0 Å². The van der Waals surface area contributed by atoms with Crippen LogP contribution in [0, 0.1) is 19.8 Å². The van der Waals surface area contributed by atoms with Gasteiger partial charge in [-0.2, -0.15) is 0 Å². The summed E-state index contributed by atoms with van der Waals surface area (Å²) < 4.78 is 0.